The van der Waals surface area contributed by atoms with Gasteiger partial charge >= 0.3 is 0 Å². The Morgan fingerprint density at radius 3 is 2.92 bits per heavy atom. The Labute approximate surface area is 146 Å². The maximum absolute atomic E-state index is 5.29. The Morgan fingerprint density at radius 1 is 1.28 bits per heavy atom. The Bertz CT molecular complexity index is 759. The lowest BCUT2D eigenvalue weighted by Crippen LogP contribution is -2.39. The average molecular weight is 341 g/mol. The molecule has 0 atom stereocenters. The summed E-state index contributed by atoms with van der Waals surface area (Å²) in [5.74, 6) is 2.82. The molecule has 0 saturated carbocycles. The highest BCUT2D eigenvalue weighted by Gasteiger charge is 2.07. The summed E-state index contributed by atoms with van der Waals surface area (Å²) >= 11 is 0. The number of rotatable bonds is 8. The molecule has 0 fully saturated rings. The number of hydrogen-bond acceptors (Lipinski definition) is 4. The summed E-state index contributed by atoms with van der Waals surface area (Å²) in [4.78, 5) is 8.99. The number of H-pyrrole nitrogens is 1. The summed E-state index contributed by atoms with van der Waals surface area (Å²) in [6.07, 6.45) is 6.39. The van der Waals surface area contributed by atoms with Gasteiger partial charge < -0.3 is 19.6 Å². The third kappa shape index (κ3) is 4.97. The van der Waals surface area contributed by atoms with E-state index in [2.05, 4.69) is 42.3 Å². The molecule has 132 valence electrons. The number of guanidine groups is 1. The van der Waals surface area contributed by atoms with Gasteiger partial charge in [0.05, 0.1) is 6.26 Å². The van der Waals surface area contributed by atoms with E-state index in [4.69, 9.17) is 4.42 Å². The van der Waals surface area contributed by atoms with Crippen molar-refractivity contribution in [2.45, 2.75) is 19.9 Å². The van der Waals surface area contributed by atoms with Crippen molar-refractivity contribution in [3.8, 4) is 11.6 Å². The lowest BCUT2D eigenvalue weighted by molar-refractivity contribution is 0.577. The van der Waals surface area contributed by atoms with Crippen LogP contribution in [0.2, 0.25) is 0 Å². The summed E-state index contributed by atoms with van der Waals surface area (Å²) in [6.45, 7) is 5.19. The zero-order chi connectivity index (χ0) is 17.3. The summed E-state index contributed by atoms with van der Waals surface area (Å²) in [6, 6.07) is 7.70. The van der Waals surface area contributed by atoms with Gasteiger partial charge in [-0.15, -0.1) is 0 Å². The summed E-state index contributed by atoms with van der Waals surface area (Å²) < 4.78 is 7.41. The van der Waals surface area contributed by atoms with E-state index in [0.29, 0.717) is 24.6 Å². The lowest BCUT2D eigenvalue weighted by atomic mass is 10.4. The molecule has 0 amide bonds. The first-order chi connectivity index (χ1) is 12.3. The molecule has 0 spiro atoms. The van der Waals surface area contributed by atoms with Crippen LogP contribution in [0, 0.1) is 0 Å². The minimum absolute atomic E-state index is 0.570. The van der Waals surface area contributed by atoms with Gasteiger partial charge in [-0.2, -0.15) is 5.10 Å². The van der Waals surface area contributed by atoms with Gasteiger partial charge in [-0.05, 0) is 31.2 Å². The zero-order valence-electron chi connectivity index (χ0n) is 14.3. The Balaban J connectivity index is 1.47. The second-order valence-corrected chi connectivity index (χ2v) is 5.44. The van der Waals surface area contributed by atoms with Crippen molar-refractivity contribution in [3.05, 3.63) is 48.7 Å². The molecule has 3 heterocycles. The van der Waals surface area contributed by atoms with E-state index in [1.165, 1.54) is 0 Å². The van der Waals surface area contributed by atoms with Crippen molar-refractivity contribution in [3.63, 3.8) is 0 Å². The van der Waals surface area contributed by atoms with Crippen LogP contribution in [-0.4, -0.2) is 45.3 Å². The van der Waals surface area contributed by atoms with Gasteiger partial charge in [0.15, 0.2) is 11.7 Å². The predicted octanol–water partition coefficient (Wildman–Crippen LogP) is 1.66. The van der Waals surface area contributed by atoms with Crippen LogP contribution in [0.25, 0.3) is 11.6 Å². The first-order valence-corrected chi connectivity index (χ1v) is 8.43. The van der Waals surface area contributed by atoms with Crippen molar-refractivity contribution in [1.29, 1.82) is 0 Å². The number of aromatic amines is 1. The standard InChI is InChI=1S/C17H23N7O/c1-2-18-17(20-9-12-24-10-3-4-11-24)19-8-7-15-21-16(23-22-15)14-6-5-13-25-14/h3-6,10-11,13H,2,7-9,12H2,1H3,(H2,18,19,20)(H,21,22,23). The van der Waals surface area contributed by atoms with Crippen LogP contribution in [0.1, 0.15) is 12.7 Å². The number of nitrogens with zero attached hydrogens (tertiary/aromatic N) is 4. The van der Waals surface area contributed by atoms with Gasteiger partial charge in [0.1, 0.15) is 5.82 Å². The molecule has 3 rings (SSSR count). The highest BCUT2D eigenvalue weighted by atomic mass is 16.3. The van der Waals surface area contributed by atoms with E-state index in [9.17, 15) is 0 Å². The summed E-state index contributed by atoms with van der Waals surface area (Å²) in [5.41, 5.74) is 0. The zero-order valence-corrected chi connectivity index (χ0v) is 14.3. The fourth-order valence-corrected chi connectivity index (χ4v) is 2.36. The van der Waals surface area contributed by atoms with Crippen LogP contribution in [0.15, 0.2) is 52.3 Å². The number of aliphatic imine (C=N–C) groups is 1. The number of furan rings is 1. The molecule has 3 N–H and O–H groups in total. The first kappa shape index (κ1) is 16.8. The van der Waals surface area contributed by atoms with Crippen molar-refractivity contribution >= 4 is 5.96 Å². The Hall–Kier alpha value is -3.03. The van der Waals surface area contributed by atoms with Crippen LogP contribution in [0.3, 0.4) is 0 Å². The van der Waals surface area contributed by atoms with E-state index in [1.807, 2.05) is 36.7 Å². The van der Waals surface area contributed by atoms with Crippen LogP contribution in [0.5, 0.6) is 0 Å². The molecule has 0 aromatic carbocycles. The van der Waals surface area contributed by atoms with Crippen molar-refractivity contribution in [2.75, 3.05) is 19.6 Å². The summed E-state index contributed by atoms with van der Waals surface area (Å²) in [5, 5.41) is 13.7. The maximum atomic E-state index is 5.29. The number of aromatic nitrogens is 4. The third-order valence-electron chi connectivity index (χ3n) is 3.56. The summed E-state index contributed by atoms with van der Waals surface area (Å²) in [7, 11) is 0. The highest BCUT2D eigenvalue weighted by Crippen LogP contribution is 2.14. The fourth-order valence-electron chi connectivity index (χ4n) is 2.36. The molecule has 25 heavy (non-hydrogen) atoms. The minimum Gasteiger partial charge on any atom is -0.461 e. The van der Waals surface area contributed by atoms with E-state index >= 15 is 0 Å². The highest BCUT2D eigenvalue weighted by molar-refractivity contribution is 5.79. The maximum Gasteiger partial charge on any atom is 0.216 e. The molecule has 0 saturated heterocycles. The quantitative estimate of drug-likeness (QED) is 0.428. The van der Waals surface area contributed by atoms with Gasteiger partial charge in [0.25, 0.3) is 0 Å². The van der Waals surface area contributed by atoms with Gasteiger partial charge in [-0.25, -0.2) is 4.98 Å². The molecular weight excluding hydrogens is 318 g/mol. The minimum atomic E-state index is 0.570. The van der Waals surface area contributed by atoms with E-state index in [1.54, 1.807) is 6.26 Å². The molecule has 0 aliphatic heterocycles. The van der Waals surface area contributed by atoms with Crippen LogP contribution >= 0.6 is 0 Å². The van der Waals surface area contributed by atoms with Gasteiger partial charge in [-0.3, -0.25) is 10.1 Å². The van der Waals surface area contributed by atoms with E-state index in [0.717, 1.165) is 31.4 Å². The second kappa shape index (κ2) is 8.72. The number of nitrogens with one attached hydrogen (secondary N) is 3. The molecule has 8 heteroatoms. The van der Waals surface area contributed by atoms with Gasteiger partial charge in [-0.1, -0.05) is 0 Å². The van der Waals surface area contributed by atoms with Crippen molar-refractivity contribution in [2.24, 2.45) is 4.99 Å². The van der Waals surface area contributed by atoms with Crippen LogP contribution in [-0.2, 0) is 13.0 Å². The van der Waals surface area contributed by atoms with Crippen LogP contribution < -0.4 is 10.6 Å². The van der Waals surface area contributed by atoms with Crippen molar-refractivity contribution < 1.29 is 4.42 Å². The molecule has 0 bridgehead atoms. The Kier molecular flexibility index (Phi) is 5.86. The molecule has 0 unspecified atom stereocenters. The SMILES string of the molecule is CCNC(=NCCc1nc(-c2ccco2)n[nH]1)NCCn1cccc1. The average Bonchev–Trinajstić information content (AvgIpc) is 3.37. The normalized spacial score (nSPS) is 11.6. The van der Waals surface area contributed by atoms with E-state index < -0.39 is 0 Å². The largest absolute Gasteiger partial charge is 0.461 e. The Morgan fingerprint density at radius 2 is 2.16 bits per heavy atom. The topological polar surface area (TPSA) is 96.1 Å². The molecule has 0 aliphatic carbocycles. The second-order valence-electron chi connectivity index (χ2n) is 5.44. The van der Waals surface area contributed by atoms with Crippen molar-refractivity contribution in [1.82, 2.24) is 30.4 Å². The molecule has 8 nitrogen and oxygen atoms in total. The number of hydrogen-bond donors (Lipinski definition) is 3. The fraction of sp³-hybridized carbons (Fsp3) is 0.353. The molecule has 3 aromatic rings. The first-order valence-electron chi connectivity index (χ1n) is 8.43. The smallest absolute Gasteiger partial charge is 0.216 e. The molecule has 0 radical (unpaired) electrons. The third-order valence-corrected chi connectivity index (χ3v) is 3.56. The van der Waals surface area contributed by atoms with Gasteiger partial charge in [0, 0.05) is 45.0 Å². The molecule has 3 aromatic heterocycles. The van der Waals surface area contributed by atoms with E-state index in [-0.39, 0.29) is 0 Å². The monoisotopic (exact) mass is 341 g/mol. The van der Waals surface area contributed by atoms with Gasteiger partial charge in [0.2, 0.25) is 5.82 Å². The molecule has 0 aliphatic rings. The lowest BCUT2D eigenvalue weighted by Gasteiger charge is -2.11. The predicted molar refractivity (Wildman–Crippen MR) is 96.2 cm³/mol. The molecular formula is C17H23N7O. The van der Waals surface area contributed by atoms with Crippen LogP contribution in [0.4, 0.5) is 0 Å².